The van der Waals surface area contributed by atoms with Gasteiger partial charge in [-0.05, 0) is 54.5 Å². The summed E-state index contributed by atoms with van der Waals surface area (Å²) in [6.45, 7) is 3.76. The molecular formula is C22H24ClF3N2O. The first kappa shape index (κ1) is 21.5. The second-order valence-electron chi connectivity index (χ2n) is 7.71. The molecule has 0 saturated carbocycles. The minimum Gasteiger partial charge on any atom is -0.372 e. The van der Waals surface area contributed by atoms with Gasteiger partial charge in [-0.3, -0.25) is 4.79 Å². The smallest absolute Gasteiger partial charge is 0.372 e. The summed E-state index contributed by atoms with van der Waals surface area (Å²) in [5, 5.41) is 6.07. The van der Waals surface area contributed by atoms with E-state index in [4.69, 9.17) is 11.6 Å². The largest absolute Gasteiger partial charge is 0.416 e. The van der Waals surface area contributed by atoms with E-state index in [9.17, 15) is 18.0 Å². The number of alkyl halides is 3. The van der Waals surface area contributed by atoms with Crippen molar-refractivity contribution in [3.63, 3.8) is 0 Å². The Kier molecular flexibility index (Phi) is 6.42. The first-order valence-electron chi connectivity index (χ1n) is 9.68. The molecule has 0 saturated heterocycles. The lowest BCUT2D eigenvalue weighted by Crippen LogP contribution is -2.45. The molecule has 3 rings (SSSR count). The molecule has 29 heavy (non-hydrogen) atoms. The van der Waals surface area contributed by atoms with Gasteiger partial charge in [-0.15, -0.1) is 0 Å². The van der Waals surface area contributed by atoms with Gasteiger partial charge in [-0.2, -0.15) is 13.2 Å². The first-order valence-corrected chi connectivity index (χ1v) is 10.1. The van der Waals surface area contributed by atoms with E-state index in [1.807, 2.05) is 32.0 Å². The van der Waals surface area contributed by atoms with Gasteiger partial charge in [-0.1, -0.05) is 49.7 Å². The van der Waals surface area contributed by atoms with Crippen LogP contribution in [-0.2, 0) is 17.4 Å². The maximum atomic E-state index is 13.0. The van der Waals surface area contributed by atoms with Crippen molar-refractivity contribution >= 4 is 23.2 Å². The van der Waals surface area contributed by atoms with E-state index in [0.717, 1.165) is 37.0 Å². The number of aryl methyl sites for hydroxylation is 1. The third-order valence-corrected chi connectivity index (χ3v) is 5.56. The second kappa shape index (κ2) is 8.66. The Morgan fingerprint density at radius 3 is 2.55 bits per heavy atom. The molecule has 0 aliphatic heterocycles. The van der Waals surface area contributed by atoms with E-state index in [2.05, 4.69) is 16.7 Å². The lowest BCUT2D eigenvalue weighted by molar-refractivity contribution is -0.137. The Hall–Kier alpha value is -2.21. The summed E-state index contributed by atoms with van der Waals surface area (Å²) in [5.41, 5.74) is 1.85. The molecule has 0 spiro atoms. The van der Waals surface area contributed by atoms with Crippen molar-refractivity contribution in [2.24, 2.45) is 5.92 Å². The molecule has 1 amide bonds. The number of carbonyl (C=O) groups excluding carboxylic acids is 1. The monoisotopic (exact) mass is 424 g/mol. The minimum absolute atomic E-state index is 0.0683. The highest BCUT2D eigenvalue weighted by atomic mass is 35.5. The fraction of sp³-hybridized carbons (Fsp3) is 0.409. The van der Waals surface area contributed by atoms with Crippen molar-refractivity contribution < 1.29 is 18.0 Å². The normalized spacial score (nSPS) is 17.6. The Morgan fingerprint density at radius 1 is 1.17 bits per heavy atom. The quantitative estimate of drug-likeness (QED) is 0.619. The van der Waals surface area contributed by atoms with Gasteiger partial charge in [0.2, 0.25) is 5.91 Å². The summed E-state index contributed by atoms with van der Waals surface area (Å²) < 4.78 is 38.6. The second-order valence-corrected chi connectivity index (χ2v) is 8.12. The summed E-state index contributed by atoms with van der Waals surface area (Å²) in [6.07, 6.45) is -1.62. The summed E-state index contributed by atoms with van der Waals surface area (Å²) in [5.74, 6) is -0.287. The van der Waals surface area contributed by atoms with Gasteiger partial charge in [0.1, 0.15) is 6.04 Å². The van der Waals surface area contributed by atoms with Crippen LogP contribution in [0.5, 0.6) is 0 Å². The third-order valence-electron chi connectivity index (χ3n) is 5.24. The molecule has 2 aromatic rings. The van der Waals surface area contributed by atoms with Crippen LogP contribution in [-0.4, -0.2) is 11.9 Å². The van der Waals surface area contributed by atoms with Crippen molar-refractivity contribution in [1.29, 1.82) is 0 Å². The fourth-order valence-electron chi connectivity index (χ4n) is 3.68. The van der Waals surface area contributed by atoms with Crippen molar-refractivity contribution in [2.45, 2.75) is 51.4 Å². The van der Waals surface area contributed by atoms with Gasteiger partial charge in [0.05, 0.1) is 22.3 Å². The zero-order chi connectivity index (χ0) is 21.2. The Morgan fingerprint density at radius 2 is 1.90 bits per heavy atom. The van der Waals surface area contributed by atoms with E-state index in [1.54, 1.807) is 0 Å². The molecule has 0 unspecified atom stereocenters. The van der Waals surface area contributed by atoms with E-state index in [0.29, 0.717) is 5.69 Å². The summed E-state index contributed by atoms with van der Waals surface area (Å²) >= 11 is 6.05. The minimum atomic E-state index is -4.47. The molecule has 0 bridgehead atoms. The highest BCUT2D eigenvalue weighted by Crippen LogP contribution is 2.34. The van der Waals surface area contributed by atoms with Crippen LogP contribution in [0.4, 0.5) is 18.9 Å². The molecule has 2 atom stereocenters. The highest BCUT2D eigenvalue weighted by Gasteiger charge is 2.32. The number of carbonyl (C=O) groups is 1. The highest BCUT2D eigenvalue weighted by molar-refractivity contribution is 6.33. The molecule has 0 aromatic heterocycles. The maximum absolute atomic E-state index is 13.0. The van der Waals surface area contributed by atoms with E-state index in [-0.39, 0.29) is 22.9 Å². The summed E-state index contributed by atoms with van der Waals surface area (Å²) in [7, 11) is 0. The predicted octanol–water partition coefficient (Wildman–Crippen LogP) is 5.99. The van der Waals surface area contributed by atoms with Gasteiger partial charge in [0.15, 0.2) is 0 Å². The van der Waals surface area contributed by atoms with Gasteiger partial charge in [0.25, 0.3) is 0 Å². The lowest BCUT2D eigenvalue weighted by Gasteiger charge is -2.30. The van der Waals surface area contributed by atoms with Crippen molar-refractivity contribution in [3.05, 3.63) is 64.2 Å². The van der Waals surface area contributed by atoms with Crippen LogP contribution in [0.3, 0.4) is 0 Å². The van der Waals surface area contributed by atoms with Gasteiger partial charge >= 0.3 is 6.18 Å². The number of hydrogen-bond acceptors (Lipinski definition) is 2. The molecule has 2 aromatic carbocycles. The average molecular weight is 425 g/mol. The molecule has 7 heteroatoms. The third kappa shape index (κ3) is 5.04. The van der Waals surface area contributed by atoms with Crippen LogP contribution in [0.25, 0.3) is 0 Å². The molecule has 0 radical (unpaired) electrons. The van der Waals surface area contributed by atoms with Gasteiger partial charge < -0.3 is 10.6 Å². The van der Waals surface area contributed by atoms with E-state index >= 15 is 0 Å². The number of amides is 1. The lowest BCUT2D eigenvalue weighted by atomic mass is 9.87. The van der Waals surface area contributed by atoms with Crippen molar-refractivity contribution in [3.8, 4) is 0 Å². The molecule has 3 nitrogen and oxygen atoms in total. The van der Waals surface area contributed by atoms with Crippen LogP contribution >= 0.6 is 11.6 Å². The number of rotatable bonds is 5. The molecule has 0 heterocycles. The number of halogens is 4. The van der Waals surface area contributed by atoms with E-state index in [1.165, 1.54) is 11.6 Å². The SMILES string of the molecule is CC(C)[C@H](Nc1ccc(C(F)(F)F)cc1Cl)C(=O)N[C@@H]1CCCc2ccccc21. The molecule has 2 N–H and O–H groups in total. The first-order chi connectivity index (χ1) is 13.7. The topological polar surface area (TPSA) is 41.1 Å². The molecule has 0 fully saturated rings. The Labute approximate surface area is 173 Å². The summed E-state index contributed by atoms with van der Waals surface area (Å²) in [4.78, 5) is 13.0. The average Bonchev–Trinajstić information content (AvgIpc) is 2.66. The number of nitrogens with one attached hydrogen (secondary N) is 2. The number of anilines is 1. The molecule has 156 valence electrons. The summed E-state index contributed by atoms with van der Waals surface area (Å²) in [6, 6.07) is 10.5. The van der Waals surface area contributed by atoms with Crippen LogP contribution < -0.4 is 10.6 Å². The van der Waals surface area contributed by atoms with Gasteiger partial charge in [0, 0.05) is 0 Å². The number of fused-ring (bicyclic) bond motifs is 1. The predicted molar refractivity (Wildman–Crippen MR) is 109 cm³/mol. The zero-order valence-electron chi connectivity index (χ0n) is 16.3. The zero-order valence-corrected chi connectivity index (χ0v) is 17.1. The Bertz CT molecular complexity index is 883. The maximum Gasteiger partial charge on any atom is 0.416 e. The number of benzene rings is 2. The van der Waals surface area contributed by atoms with Crippen molar-refractivity contribution in [2.75, 3.05) is 5.32 Å². The van der Waals surface area contributed by atoms with Gasteiger partial charge in [-0.25, -0.2) is 0 Å². The Balaban J connectivity index is 1.76. The molecule has 1 aliphatic carbocycles. The fourth-order valence-corrected chi connectivity index (χ4v) is 3.91. The van der Waals surface area contributed by atoms with Crippen LogP contribution in [0.2, 0.25) is 5.02 Å². The van der Waals surface area contributed by atoms with Crippen LogP contribution in [0.1, 0.15) is 49.4 Å². The molecular weight excluding hydrogens is 401 g/mol. The van der Waals surface area contributed by atoms with Crippen LogP contribution in [0, 0.1) is 5.92 Å². The molecule has 1 aliphatic rings. The van der Waals surface area contributed by atoms with Crippen LogP contribution in [0.15, 0.2) is 42.5 Å². The van der Waals surface area contributed by atoms with Crippen molar-refractivity contribution in [1.82, 2.24) is 5.32 Å². The number of hydrogen-bond donors (Lipinski definition) is 2. The standard InChI is InChI=1S/C22H24ClF3N2O/c1-13(2)20(27-19-11-10-15(12-17(19)23)22(24,25)26)21(29)28-18-9-5-7-14-6-3-4-8-16(14)18/h3-4,6,8,10-13,18,20,27H,5,7,9H2,1-2H3,(H,28,29)/t18-,20+/m1/s1. The van der Waals surface area contributed by atoms with E-state index < -0.39 is 17.8 Å².